The van der Waals surface area contributed by atoms with Crippen molar-refractivity contribution in [3.63, 3.8) is 0 Å². The van der Waals surface area contributed by atoms with Crippen molar-refractivity contribution < 1.29 is 4.79 Å². The molecule has 0 radical (unpaired) electrons. The Balaban J connectivity index is 2.09. The number of amides is 1. The summed E-state index contributed by atoms with van der Waals surface area (Å²) in [5.74, 6) is 0.0392. The molecule has 0 aromatic carbocycles. The lowest BCUT2D eigenvalue weighted by molar-refractivity contribution is -0.119. The van der Waals surface area contributed by atoms with Crippen LogP contribution in [0.3, 0.4) is 0 Å². The van der Waals surface area contributed by atoms with Crippen LogP contribution in [0.4, 0.5) is 0 Å². The number of hydrogen-bond acceptors (Lipinski definition) is 3. The van der Waals surface area contributed by atoms with Gasteiger partial charge in [-0.05, 0) is 0 Å². The third-order valence-corrected chi connectivity index (χ3v) is 1.72. The Labute approximate surface area is 66.7 Å². The van der Waals surface area contributed by atoms with Crippen LogP contribution in [0, 0.1) is 0 Å². The van der Waals surface area contributed by atoms with Crippen LogP contribution < -0.4 is 16.0 Å². The highest BCUT2D eigenvalue weighted by atomic mass is 16.1. The topological polar surface area (TPSA) is 53.2 Å². The van der Waals surface area contributed by atoms with Crippen LogP contribution in [0.2, 0.25) is 0 Å². The molecular formula is C7H15N3O. The first-order chi connectivity index (χ1) is 5.29. The van der Waals surface area contributed by atoms with E-state index in [4.69, 9.17) is 0 Å². The molecule has 1 aliphatic rings. The number of rotatable bonds is 2. The largest absolute Gasteiger partial charge is 0.355 e. The van der Waals surface area contributed by atoms with Crippen LogP contribution in [0.15, 0.2) is 0 Å². The van der Waals surface area contributed by atoms with E-state index in [0.29, 0.717) is 6.04 Å². The Hall–Kier alpha value is -0.610. The molecule has 0 aromatic rings. The first-order valence-corrected chi connectivity index (χ1v) is 3.97. The highest BCUT2D eigenvalue weighted by Crippen LogP contribution is 1.83. The number of nitrogens with one attached hydrogen (secondary N) is 3. The molecule has 0 aromatic heterocycles. The van der Waals surface area contributed by atoms with E-state index < -0.39 is 0 Å². The molecule has 1 aliphatic heterocycles. The summed E-state index contributed by atoms with van der Waals surface area (Å²) in [4.78, 5) is 10.5. The zero-order valence-corrected chi connectivity index (χ0v) is 6.81. The van der Waals surface area contributed by atoms with Gasteiger partial charge in [-0.3, -0.25) is 4.79 Å². The fourth-order valence-electron chi connectivity index (χ4n) is 1.12. The first-order valence-electron chi connectivity index (χ1n) is 3.97. The zero-order chi connectivity index (χ0) is 8.10. The van der Waals surface area contributed by atoms with Gasteiger partial charge < -0.3 is 16.0 Å². The summed E-state index contributed by atoms with van der Waals surface area (Å²) in [6.07, 6.45) is 0. The standard InChI is InChI=1S/C7H15N3O/c1-6(11)10-5-7-4-8-2-3-9-7/h7-9H,2-5H2,1H3,(H,10,11). The predicted molar refractivity (Wildman–Crippen MR) is 43.3 cm³/mol. The second kappa shape index (κ2) is 4.31. The SMILES string of the molecule is CC(=O)NCC1CNCCN1. The highest BCUT2D eigenvalue weighted by molar-refractivity contribution is 5.72. The molecule has 1 atom stereocenters. The summed E-state index contributed by atoms with van der Waals surface area (Å²) in [5.41, 5.74) is 0. The summed E-state index contributed by atoms with van der Waals surface area (Å²) in [6.45, 7) is 5.22. The number of piperazine rings is 1. The molecule has 4 heteroatoms. The maximum absolute atomic E-state index is 10.5. The molecule has 0 spiro atoms. The molecule has 3 N–H and O–H groups in total. The van der Waals surface area contributed by atoms with Gasteiger partial charge in [0, 0.05) is 39.1 Å². The first kappa shape index (κ1) is 8.49. The van der Waals surface area contributed by atoms with Crippen LogP contribution in [0.5, 0.6) is 0 Å². The van der Waals surface area contributed by atoms with Crippen LogP contribution in [0.1, 0.15) is 6.92 Å². The predicted octanol–water partition coefficient (Wildman–Crippen LogP) is -1.32. The summed E-state index contributed by atoms with van der Waals surface area (Å²) in [7, 11) is 0. The van der Waals surface area contributed by atoms with E-state index in [0.717, 1.165) is 26.2 Å². The van der Waals surface area contributed by atoms with E-state index in [9.17, 15) is 4.79 Å². The van der Waals surface area contributed by atoms with Gasteiger partial charge in [-0.15, -0.1) is 0 Å². The van der Waals surface area contributed by atoms with Crippen molar-refractivity contribution in [2.75, 3.05) is 26.2 Å². The van der Waals surface area contributed by atoms with Crippen molar-refractivity contribution in [2.24, 2.45) is 0 Å². The van der Waals surface area contributed by atoms with Crippen LogP contribution in [-0.2, 0) is 4.79 Å². The summed E-state index contributed by atoms with van der Waals surface area (Å²) in [5, 5.41) is 9.32. The van der Waals surface area contributed by atoms with Gasteiger partial charge in [-0.2, -0.15) is 0 Å². The number of carbonyl (C=O) groups is 1. The molecule has 1 fully saturated rings. The molecule has 64 valence electrons. The van der Waals surface area contributed by atoms with Gasteiger partial charge in [-0.1, -0.05) is 0 Å². The average Bonchev–Trinajstić information content (AvgIpc) is 2.03. The Kier molecular flexibility index (Phi) is 3.32. The van der Waals surface area contributed by atoms with Gasteiger partial charge in [0.25, 0.3) is 0 Å². The van der Waals surface area contributed by atoms with Gasteiger partial charge in [0.05, 0.1) is 0 Å². The number of carbonyl (C=O) groups excluding carboxylic acids is 1. The Morgan fingerprint density at radius 2 is 2.45 bits per heavy atom. The van der Waals surface area contributed by atoms with Gasteiger partial charge in [0.2, 0.25) is 5.91 Å². The van der Waals surface area contributed by atoms with Crippen LogP contribution >= 0.6 is 0 Å². The van der Waals surface area contributed by atoms with Crippen molar-refractivity contribution >= 4 is 5.91 Å². The Morgan fingerprint density at radius 1 is 1.64 bits per heavy atom. The van der Waals surface area contributed by atoms with Gasteiger partial charge in [0.15, 0.2) is 0 Å². The molecule has 1 unspecified atom stereocenters. The second-order valence-corrected chi connectivity index (χ2v) is 2.79. The van der Waals surface area contributed by atoms with Crippen molar-refractivity contribution in [1.29, 1.82) is 0 Å². The molecule has 1 rings (SSSR count). The summed E-state index contributed by atoms with van der Waals surface area (Å²) >= 11 is 0. The van der Waals surface area contributed by atoms with Gasteiger partial charge >= 0.3 is 0 Å². The smallest absolute Gasteiger partial charge is 0.216 e. The van der Waals surface area contributed by atoms with E-state index in [1.165, 1.54) is 6.92 Å². The normalized spacial score (nSPS) is 24.6. The van der Waals surface area contributed by atoms with Gasteiger partial charge in [0.1, 0.15) is 0 Å². The minimum absolute atomic E-state index is 0.0392. The lowest BCUT2D eigenvalue weighted by atomic mass is 10.2. The third-order valence-electron chi connectivity index (χ3n) is 1.72. The molecule has 0 bridgehead atoms. The monoisotopic (exact) mass is 157 g/mol. The second-order valence-electron chi connectivity index (χ2n) is 2.79. The lowest BCUT2D eigenvalue weighted by Crippen LogP contribution is -2.53. The lowest BCUT2D eigenvalue weighted by Gasteiger charge is -2.24. The van der Waals surface area contributed by atoms with Crippen molar-refractivity contribution in [3.05, 3.63) is 0 Å². The molecule has 1 saturated heterocycles. The maximum atomic E-state index is 10.5. The highest BCUT2D eigenvalue weighted by Gasteiger charge is 2.10. The molecule has 4 nitrogen and oxygen atoms in total. The average molecular weight is 157 g/mol. The molecule has 1 heterocycles. The van der Waals surface area contributed by atoms with Crippen molar-refractivity contribution in [1.82, 2.24) is 16.0 Å². The Bertz CT molecular complexity index is 132. The molecule has 0 saturated carbocycles. The van der Waals surface area contributed by atoms with Crippen molar-refractivity contribution in [2.45, 2.75) is 13.0 Å². The van der Waals surface area contributed by atoms with Gasteiger partial charge in [-0.25, -0.2) is 0 Å². The van der Waals surface area contributed by atoms with E-state index in [1.807, 2.05) is 0 Å². The minimum Gasteiger partial charge on any atom is -0.355 e. The zero-order valence-electron chi connectivity index (χ0n) is 6.81. The fraction of sp³-hybridized carbons (Fsp3) is 0.857. The molecule has 0 aliphatic carbocycles. The van der Waals surface area contributed by atoms with Crippen molar-refractivity contribution in [3.8, 4) is 0 Å². The summed E-state index contributed by atoms with van der Waals surface area (Å²) in [6, 6.07) is 0.396. The molecule has 1 amide bonds. The van der Waals surface area contributed by atoms with E-state index in [1.54, 1.807) is 0 Å². The maximum Gasteiger partial charge on any atom is 0.216 e. The molecular weight excluding hydrogens is 142 g/mol. The van der Waals surface area contributed by atoms with Crippen LogP contribution in [0.25, 0.3) is 0 Å². The van der Waals surface area contributed by atoms with E-state index >= 15 is 0 Å². The summed E-state index contributed by atoms with van der Waals surface area (Å²) < 4.78 is 0. The third kappa shape index (κ3) is 3.34. The Morgan fingerprint density at radius 3 is 3.00 bits per heavy atom. The minimum atomic E-state index is 0.0392. The van der Waals surface area contributed by atoms with E-state index in [-0.39, 0.29) is 5.91 Å². The number of hydrogen-bond donors (Lipinski definition) is 3. The quantitative estimate of drug-likeness (QED) is 0.466. The van der Waals surface area contributed by atoms with E-state index in [2.05, 4.69) is 16.0 Å². The van der Waals surface area contributed by atoms with Crippen LogP contribution in [-0.4, -0.2) is 38.1 Å². The molecule has 11 heavy (non-hydrogen) atoms. The fourth-order valence-corrected chi connectivity index (χ4v) is 1.12.